The molecule has 2 heterocycles. The van der Waals surface area contributed by atoms with Crippen LogP contribution in [0.4, 0.5) is 5.69 Å². The molecule has 2 rings (SSSR count). The molecule has 0 bridgehead atoms. The lowest BCUT2D eigenvalue weighted by molar-refractivity contribution is -0.120. The Kier molecular flexibility index (Phi) is 4.88. The van der Waals surface area contributed by atoms with Gasteiger partial charge in [0.25, 0.3) is 0 Å². The van der Waals surface area contributed by atoms with Crippen LogP contribution >= 0.6 is 0 Å². The van der Waals surface area contributed by atoms with E-state index in [1.165, 1.54) is 0 Å². The van der Waals surface area contributed by atoms with Gasteiger partial charge in [-0.25, -0.2) is 0 Å². The summed E-state index contributed by atoms with van der Waals surface area (Å²) in [5.41, 5.74) is 0.552. The molecule has 1 aromatic heterocycles. The summed E-state index contributed by atoms with van der Waals surface area (Å²) in [4.78, 5) is 16.5. The molecule has 126 valence electrons. The molecule has 0 radical (unpaired) electrons. The molecule has 1 unspecified atom stereocenters. The highest BCUT2D eigenvalue weighted by Gasteiger charge is 2.52. The van der Waals surface area contributed by atoms with Gasteiger partial charge in [0.15, 0.2) is 0 Å². The molecule has 6 heteroatoms. The second-order valence-electron chi connectivity index (χ2n) is 7.58. The summed E-state index contributed by atoms with van der Waals surface area (Å²) in [5.74, 6) is 0.244. The molecule has 1 aliphatic heterocycles. The van der Waals surface area contributed by atoms with Crippen LogP contribution in [0.1, 0.15) is 48.5 Å². The summed E-state index contributed by atoms with van der Waals surface area (Å²) in [6, 6.07) is 3.59. The van der Waals surface area contributed by atoms with Gasteiger partial charge >= 0.3 is 7.12 Å². The fraction of sp³-hybridized carbons (Fsp3) is 0.647. The molecule has 1 aromatic rings. The number of hydrogen-bond acceptors (Lipinski definition) is 4. The van der Waals surface area contributed by atoms with Crippen molar-refractivity contribution in [3.05, 3.63) is 18.3 Å². The average Bonchev–Trinajstić information content (AvgIpc) is 2.66. The number of amides is 1. The van der Waals surface area contributed by atoms with Gasteiger partial charge in [-0.1, -0.05) is 20.8 Å². The molecular formula is C17H27BN2O3. The van der Waals surface area contributed by atoms with Crippen LogP contribution in [0, 0.1) is 11.8 Å². The van der Waals surface area contributed by atoms with Gasteiger partial charge in [0.05, 0.1) is 16.8 Å². The van der Waals surface area contributed by atoms with E-state index >= 15 is 0 Å². The molecule has 1 amide bonds. The van der Waals surface area contributed by atoms with E-state index in [-0.39, 0.29) is 11.8 Å². The summed E-state index contributed by atoms with van der Waals surface area (Å²) < 4.78 is 12.0. The second kappa shape index (κ2) is 6.25. The minimum atomic E-state index is -0.528. The quantitative estimate of drug-likeness (QED) is 0.867. The number of rotatable bonds is 4. The maximum absolute atomic E-state index is 12.2. The minimum absolute atomic E-state index is 0.00562. The average molecular weight is 318 g/mol. The Morgan fingerprint density at radius 3 is 2.26 bits per heavy atom. The van der Waals surface area contributed by atoms with E-state index in [0.717, 1.165) is 0 Å². The Hall–Kier alpha value is -1.40. The van der Waals surface area contributed by atoms with Crippen molar-refractivity contribution < 1.29 is 14.1 Å². The van der Waals surface area contributed by atoms with Gasteiger partial charge in [-0.3, -0.25) is 9.78 Å². The number of pyridine rings is 1. The zero-order chi connectivity index (χ0) is 17.4. The first kappa shape index (κ1) is 18.0. The number of nitrogens with zero attached hydrogens (tertiary/aromatic N) is 1. The number of aromatic nitrogens is 1. The molecule has 5 nitrogen and oxygen atoms in total. The van der Waals surface area contributed by atoms with Crippen molar-refractivity contribution in [2.75, 3.05) is 5.32 Å². The second-order valence-corrected chi connectivity index (χ2v) is 7.58. The lowest BCUT2D eigenvalue weighted by Gasteiger charge is -2.32. The number of carbonyl (C=O) groups excluding carboxylic acids is 1. The van der Waals surface area contributed by atoms with E-state index < -0.39 is 18.3 Å². The fourth-order valence-corrected chi connectivity index (χ4v) is 2.18. The van der Waals surface area contributed by atoms with Crippen molar-refractivity contribution in [3.63, 3.8) is 0 Å². The van der Waals surface area contributed by atoms with Gasteiger partial charge in [-0.05, 0) is 45.7 Å². The van der Waals surface area contributed by atoms with Crippen LogP contribution in [0.5, 0.6) is 0 Å². The molecule has 0 saturated carbocycles. The van der Waals surface area contributed by atoms with E-state index in [2.05, 4.69) is 10.3 Å². The molecule has 23 heavy (non-hydrogen) atoms. The summed E-state index contributed by atoms with van der Waals surface area (Å²) in [5, 5.41) is 2.94. The van der Waals surface area contributed by atoms with E-state index in [1.54, 1.807) is 12.3 Å². The van der Waals surface area contributed by atoms with Crippen molar-refractivity contribution in [1.82, 2.24) is 4.98 Å². The highest BCUT2D eigenvalue weighted by atomic mass is 16.7. The van der Waals surface area contributed by atoms with E-state index in [9.17, 15) is 4.79 Å². The maximum atomic E-state index is 12.2. The lowest BCUT2D eigenvalue weighted by atomic mass is 9.84. The molecular weight excluding hydrogens is 291 g/mol. The molecule has 1 fully saturated rings. The van der Waals surface area contributed by atoms with Crippen molar-refractivity contribution in [2.45, 2.75) is 59.7 Å². The van der Waals surface area contributed by atoms with Gasteiger partial charge in [-0.15, -0.1) is 0 Å². The van der Waals surface area contributed by atoms with E-state index in [0.29, 0.717) is 17.2 Å². The molecule has 1 aliphatic rings. The summed E-state index contributed by atoms with van der Waals surface area (Å²) in [7, 11) is -0.528. The predicted octanol–water partition coefficient (Wildman–Crippen LogP) is 2.61. The van der Waals surface area contributed by atoms with Crippen LogP contribution in [0.15, 0.2) is 18.3 Å². The molecule has 0 aromatic carbocycles. The third kappa shape index (κ3) is 3.75. The summed E-state index contributed by atoms with van der Waals surface area (Å²) in [6.07, 6.45) is 1.66. The number of hydrogen-bond donors (Lipinski definition) is 1. The van der Waals surface area contributed by atoms with Gasteiger partial charge in [0, 0.05) is 17.8 Å². The van der Waals surface area contributed by atoms with Crippen LogP contribution < -0.4 is 10.9 Å². The first-order valence-electron chi connectivity index (χ1n) is 8.16. The zero-order valence-corrected chi connectivity index (χ0v) is 15.1. The van der Waals surface area contributed by atoms with Gasteiger partial charge in [0.2, 0.25) is 5.91 Å². The maximum Gasteiger partial charge on any atom is 0.514 e. The molecule has 0 spiro atoms. The first-order valence-corrected chi connectivity index (χ1v) is 8.16. The highest BCUT2D eigenvalue weighted by molar-refractivity contribution is 6.61. The summed E-state index contributed by atoms with van der Waals surface area (Å²) >= 11 is 0. The third-order valence-corrected chi connectivity index (χ3v) is 4.96. The standard InChI is InChI=1S/C17H27BN2O3/c1-11(2)12(3)15(21)20-13-8-9-19-14(10-13)18-22-16(4,5)17(6,7)23-18/h8-12H,1-7H3,(H,19,20,21). The Balaban J connectivity index is 2.14. The van der Waals surface area contributed by atoms with Gasteiger partial charge in [0.1, 0.15) is 0 Å². The highest BCUT2D eigenvalue weighted by Crippen LogP contribution is 2.36. The van der Waals surface area contributed by atoms with Crippen molar-refractivity contribution in [2.24, 2.45) is 11.8 Å². The first-order chi connectivity index (χ1) is 10.5. The Bertz CT molecular complexity index is 571. The van der Waals surface area contributed by atoms with Crippen LogP contribution in [-0.4, -0.2) is 29.2 Å². The molecule has 0 aliphatic carbocycles. The van der Waals surface area contributed by atoms with Crippen LogP contribution in [-0.2, 0) is 14.1 Å². The Morgan fingerprint density at radius 1 is 1.17 bits per heavy atom. The van der Waals surface area contributed by atoms with Crippen molar-refractivity contribution in [1.29, 1.82) is 0 Å². The van der Waals surface area contributed by atoms with Crippen LogP contribution in [0.25, 0.3) is 0 Å². The largest absolute Gasteiger partial charge is 0.514 e. The number of nitrogens with one attached hydrogen (secondary N) is 1. The third-order valence-electron chi connectivity index (χ3n) is 4.96. The topological polar surface area (TPSA) is 60.5 Å². The Morgan fingerprint density at radius 2 is 1.74 bits per heavy atom. The van der Waals surface area contributed by atoms with Gasteiger partial charge < -0.3 is 14.6 Å². The van der Waals surface area contributed by atoms with Crippen LogP contribution in [0.3, 0.4) is 0 Å². The molecule has 1 N–H and O–H groups in total. The smallest absolute Gasteiger partial charge is 0.398 e. The Labute approximate surface area is 139 Å². The normalized spacial score (nSPS) is 20.6. The van der Waals surface area contributed by atoms with Crippen molar-refractivity contribution in [3.8, 4) is 0 Å². The van der Waals surface area contributed by atoms with E-state index in [1.807, 2.05) is 54.5 Å². The van der Waals surface area contributed by atoms with Gasteiger partial charge in [-0.2, -0.15) is 0 Å². The van der Waals surface area contributed by atoms with Crippen LogP contribution in [0.2, 0.25) is 0 Å². The fourth-order valence-electron chi connectivity index (χ4n) is 2.18. The van der Waals surface area contributed by atoms with E-state index in [4.69, 9.17) is 9.31 Å². The molecule has 1 atom stereocenters. The zero-order valence-electron chi connectivity index (χ0n) is 15.1. The monoisotopic (exact) mass is 318 g/mol. The number of anilines is 1. The minimum Gasteiger partial charge on any atom is -0.398 e. The van der Waals surface area contributed by atoms with Crippen molar-refractivity contribution >= 4 is 24.3 Å². The summed E-state index contributed by atoms with van der Waals surface area (Å²) in [6.45, 7) is 14.0. The predicted molar refractivity (Wildman–Crippen MR) is 92.6 cm³/mol. The number of carbonyl (C=O) groups is 1. The lowest BCUT2D eigenvalue weighted by Crippen LogP contribution is -2.41. The SMILES string of the molecule is CC(C)C(C)C(=O)Nc1ccnc(B2OC(C)(C)C(C)(C)O2)c1. The molecule has 1 saturated heterocycles.